The summed E-state index contributed by atoms with van der Waals surface area (Å²) in [5, 5.41) is 12.8. The van der Waals surface area contributed by atoms with Gasteiger partial charge in [0.1, 0.15) is 5.15 Å². The number of aromatic nitrogens is 2. The predicted molar refractivity (Wildman–Crippen MR) is 51.5 cm³/mol. The van der Waals surface area contributed by atoms with E-state index in [-0.39, 0.29) is 16.4 Å². The molecule has 0 unspecified atom stereocenters. The van der Waals surface area contributed by atoms with Crippen molar-refractivity contribution in [2.75, 3.05) is 0 Å². The lowest BCUT2D eigenvalue weighted by Gasteiger charge is -1.95. The van der Waals surface area contributed by atoms with Gasteiger partial charge in [-0.2, -0.15) is 4.98 Å². The lowest BCUT2D eigenvalue weighted by Crippen LogP contribution is -1.98. The first-order chi connectivity index (χ1) is 6.59. The lowest BCUT2D eigenvalue weighted by atomic mass is 10.2. The van der Waals surface area contributed by atoms with E-state index in [1.165, 1.54) is 6.07 Å². The summed E-state index contributed by atoms with van der Waals surface area (Å²) >= 11 is 8.66. The van der Waals surface area contributed by atoms with Crippen LogP contribution in [-0.4, -0.2) is 21.2 Å². The van der Waals surface area contributed by atoms with Gasteiger partial charge in [-0.3, -0.25) is 0 Å². The largest absolute Gasteiger partial charge is 0.478 e. The molecule has 0 saturated carbocycles. The van der Waals surface area contributed by atoms with Crippen LogP contribution in [0.15, 0.2) is 15.2 Å². The highest BCUT2D eigenvalue weighted by Gasteiger charge is 2.17. The maximum absolute atomic E-state index is 10.8. The first-order valence-corrected chi connectivity index (χ1v) is 4.61. The van der Waals surface area contributed by atoms with Gasteiger partial charge in [0, 0.05) is 0 Å². The fourth-order valence-electron chi connectivity index (χ4n) is 1.05. The third-order valence-electron chi connectivity index (χ3n) is 1.60. The van der Waals surface area contributed by atoms with Gasteiger partial charge in [0.2, 0.25) is 0 Å². The topological polar surface area (TPSA) is 76.2 Å². The van der Waals surface area contributed by atoms with Crippen molar-refractivity contribution in [3.8, 4) is 0 Å². The van der Waals surface area contributed by atoms with Crippen molar-refractivity contribution >= 4 is 44.6 Å². The van der Waals surface area contributed by atoms with Crippen molar-refractivity contribution in [2.45, 2.75) is 0 Å². The molecule has 1 N–H and O–H groups in total. The molecule has 0 fully saturated rings. The molecule has 2 aromatic rings. The Labute approximate surface area is 90.8 Å². The zero-order valence-electron chi connectivity index (χ0n) is 6.49. The third kappa shape index (κ3) is 1.36. The second-order valence-electron chi connectivity index (χ2n) is 2.45. The van der Waals surface area contributed by atoms with Gasteiger partial charge in [-0.15, -0.1) is 0 Å². The normalized spacial score (nSPS) is 10.7. The monoisotopic (exact) mass is 276 g/mol. The van der Waals surface area contributed by atoms with Gasteiger partial charge in [0.25, 0.3) is 5.71 Å². The highest BCUT2D eigenvalue weighted by atomic mass is 79.9. The molecule has 2 heterocycles. The number of nitrogens with zero attached hydrogens (tertiary/aromatic N) is 2. The Morgan fingerprint density at radius 2 is 2.36 bits per heavy atom. The van der Waals surface area contributed by atoms with E-state index in [1.54, 1.807) is 0 Å². The highest BCUT2D eigenvalue weighted by molar-refractivity contribution is 9.10. The maximum atomic E-state index is 10.8. The molecule has 0 atom stereocenters. The van der Waals surface area contributed by atoms with Crippen LogP contribution >= 0.6 is 27.5 Å². The summed E-state index contributed by atoms with van der Waals surface area (Å²) in [6.45, 7) is 0. The van der Waals surface area contributed by atoms with Crippen molar-refractivity contribution in [1.29, 1.82) is 0 Å². The van der Waals surface area contributed by atoms with E-state index >= 15 is 0 Å². The van der Waals surface area contributed by atoms with Crippen molar-refractivity contribution in [3.05, 3.63) is 21.4 Å². The van der Waals surface area contributed by atoms with E-state index in [1.807, 2.05) is 0 Å². The van der Waals surface area contributed by atoms with Crippen LogP contribution in [0.4, 0.5) is 0 Å². The van der Waals surface area contributed by atoms with Crippen LogP contribution in [0.25, 0.3) is 11.1 Å². The highest BCUT2D eigenvalue weighted by Crippen LogP contribution is 2.27. The number of fused-ring (bicyclic) bond motifs is 1. The average Bonchev–Trinajstić information content (AvgIpc) is 2.46. The van der Waals surface area contributed by atoms with Crippen molar-refractivity contribution in [1.82, 2.24) is 10.1 Å². The van der Waals surface area contributed by atoms with Crippen molar-refractivity contribution in [3.63, 3.8) is 0 Å². The summed E-state index contributed by atoms with van der Waals surface area (Å²) < 4.78 is 5.06. The summed E-state index contributed by atoms with van der Waals surface area (Å²) in [4.78, 5) is 14.6. The van der Waals surface area contributed by atoms with E-state index in [2.05, 4.69) is 26.1 Å². The van der Waals surface area contributed by atoms with E-state index < -0.39 is 5.97 Å². The summed E-state index contributed by atoms with van der Waals surface area (Å²) in [5.41, 5.74) is 0.106. The molecule has 0 radical (unpaired) electrons. The van der Waals surface area contributed by atoms with Crippen LogP contribution in [0.5, 0.6) is 0 Å². The summed E-state index contributed by atoms with van der Waals surface area (Å²) in [5.74, 6) is -1.11. The zero-order valence-corrected chi connectivity index (χ0v) is 8.83. The minimum Gasteiger partial charge on any atom is -0.478 e. The Morgan fingerprint density at radius 1 is 1.64 bits per heavy atom. The molecule has 2 rings (SSSR count). The molecule has 0 saturated heterocycles. The summed E-state index contributed by atoms with van der Waals surface area (Å²) in [6.07, 6.45) is 0. The van der Waals surface area contributed by atoms with Crippen LogP contribution in [0, 0.1) is 0 Å². The Bertz CT molecular complexity index is 525. The van der Waals surface area contributed by atoms with Crippen LogP contribution in [0.1, 0.15) is 10.4 Å². The Hall–Kier alpha value is -1.14. The van der Waals surface area contributed by atoms with Gasteiger partial charge in [-0.25, -0.2) is 4.79 Å². The average molecular weight is 277 g/mol. The SMILES string of the molecule is O=C(O)c1cc(Cl)nc2onc(Br)c12. The smallest absolute Gasteiger partial charge is 0.336 e. The van der Waals surface area contributed by atoms with Crippen LogP contribution < -0.4 is 0 Å². The van der Waals surface area contributed by atoms with E-state index in [0.717, 1.165) is 0 Å². The number of pyridine rings is 1. The summed E-state index contributed by atoms with van der Waals surface area (Å²) in [7, 11) is 0. The minimum absolute atomic E-state index is 0.00752. The van der Waals surface area contributed by atoms with Crippen LogP contribution in [0.2, 0.25) is 5.15 Å². The molecule has 0 aliphatic heterocycles. The molecule has 0 aliphatic rings. The number of carbonyl (C=O) groups is 1. The van der Waals surface area contributed by atoms with Gasteiger partial charge in [0.15, 0.2) is 4.60 Å². The van der Waals surface area contributed by atoms with Crippen LogP contribution in [-0.2, 0) is 0 Å². The number of hydrogen-bond donors (Lipinski definition) is 1. The van der Waals surface area contributed by atoms with Gasteiger partial charge < -0.3 is 9.63 Å². The second-order valence-corrected chi connectivity index (χ2v) is 3.59. The van der Waals surface area contributed by atoms with Crippen molar-refractivity contribution in [2.24, 2.45) is 0 Å². The standard InChI is InChI=1S/C7H2BrClN2O3/c8-5-4-2(7(12)13)1-3(9)10-6(4)14-11-5/h1H,(H,12,13). The van der Waals surface area contributed by atoms with Gasteiger partial charge >= 0.3 is 5.97 Å². The summed E-state index contributed by atoms with van der Waals surface area (Å²) in [6, 6.07) is 1.24. The Kier molecular flexibility index (Phi) is 2.16. The minimum atomic E-state index is -1.11. The molecular formula is C7H2BrClN2O3. The number of halogens is 2. The number of carboxylic acids is 1. The Balaban J connectivity index is 2.90. The van der Waals surface area contributed by atoms with E-state index in [9.17, 15) is 4.79 Å². The molecule has 72 valence electrons. The molecule has 0 amide bonds. The lowest BCUT2D eigenvalue weighted by molar-refractivity contribution is 0.0699. The zero-order chi connectivity index (χ0) is 10.3. The first kappa shape index (κ1) is 9.42. The molecule has 2 aromatic heterocycles. The second kappa shape index (κ2) is 3.21. The van der Waals surface area contributed by atoms with Gasteiger partial charge in [-0.1, -0.05) is 16.8 Å². The van der Waals surface area contributed by atoms with Crippen LogP contribution in [0.3, 0.4) is 0 Å². The molecular weight excluding hydrogens is 275 g/mol. The first-order valence-electron chi connectivity index (χ1n) is 3.44. The van der Waals surface area contributed by atoms with Gasteiger partial charge in [0.05, 0.1) is 10.9 Å². The van der Waals surface area contributed by atoms with Crippen molar-refractivity contribution < 1.29 is 14.4 Å². The number of carboxylic acid groups (broad SMARTS) is 1. The quantitative estimate of drug-likeness (QED) is 0.810. The fourth-order valence-corrected chi connectivity index (χ4v) is 1.70. The molecule has 0 bridgehead atoms. The Morgan fingerprint density at radius 3 is 3.00 bits per heavy atom. The molecule has 7 heteroatoms. The number of rotatable bonds is 1. The van der Waals surface area contributed by atoms with E-state index in [4.69, 9.17) is 21.2 Å². The third-order valence-corrected chi connectivity index (χ3v) is 2.34. The number of hydrogen-bond acceptors (Lipinski definition) is 4. The van der Waals surface area contributed by atoms with Gasteiger partial charge in [-0.05, 0) is 22.0 Å². The molecule has 0 aliphatic carbocycles. The molecule has 0 spiro atoms. The number of aromatic carboxylic acids is 1. The molecule has 14 heavy (non-hydrogen) atoms. The molecule has 0 aromatic carbocycles. The maximum Gasteiger partial charge on any atom is 0.336 e. The fraction of sp³-hybridized carbons (Fsp3) is 0. The van der Waals surface area contributed by atoms with E-state index in [0.29, 0.717) is 9.99 Å². The molecule has 5 nitrogen and oxygen atoms in total. The predicted octanol–water partition coefficient (Wildman–Crippen LogP) is 2.34.